The standard InChI is InChI=1S/C10H15ClO2/c1-8-2-4-10(5-3-8)13-7-9(12)6-11/h2,4,9,12H,3,5-7H2,1H3. The zero-order chi connectivity index (χ0) is 9.68. The quantitative estimate of drug-likeness (QED) is 0.709. The van der Waals surface area contributed by atoms with Gasteiger partial charge in [-0.25, -0.2) is 0 Å². The average molecular weight is 203 g/mol. The third-order valence-electron chi connectivity index (χ3n) is 1.96. The summed E-state index contributed by atoms with van der Waals surface area (Å²) >= 11 is 5.43. The lowest BCUT2D eigenvalue weighted by Crippen LogP contribution is -2.16. The van der Waals surface area contributed by atoms with Crippen molar-refractivity contribution in [3.8, 4) is 0 Å². The Hall–Kier alpha value is -0.470. The first-order valence-electron chi connectivity index (χ1n) is 4.45. The lowest BCUT2D eigenvalue weighted by Gasteiger charge is -2.15. The molecule has 0 aliphatic heterocycles. The molecule has 3 heteroatoms. The van der Waals surface area contributed by atoms with Crippen LogP contribution in [0.15, 0.2) is 23.5 Å². The monoisotopic (exact) mass is 202 g/mol. The van der Waals surface area contributed by atoms with Gasteiger partial charge >= 0.3 is 0 Å². The summed E-state index contributed by atoms with van der Waals surface area (Å²) in [7, 11) is 0. The zero-order valence-corrected chi connectivity index (χ0v) is 8.55. The first kappa shape index (κ1) is 10.6. The highest BCUT2D eigenvalue weighted by Gasteiger charge is 2.07. The molecule has 0 saturated heterocycles. The van der Waals surface area contributed by atoms with Gasteiger partial charge in [0.25, 0.3) is 0 Å². The van der Waals surface area contributed by atoms with Crippen LogP contribution in [-0.4, -0.2) is 23.7 Å². The van der Waals surface area contributed by atoms with Crippen LogP contribution in [0.1, 0.15) is 19.8 Å². The average Bonchev–Trinajstić information content (AvgIpc) is 2.16. The second-order valence-corrected chi connectivity index (χ2v) is 3.57. The molecule has 0 amide bonds. The van der Waals surface area contributed by atoms with E-state index in [-0.39, 0.29) is 5.88 Å². The van der Waals surface area contributed by atoms with Crippen LogP contribution >= 0.6 is 11.6 Å². The van der Waals surface area contributed by atoms with Crippen molar-refractivity contribution in [1.29, 1.82) is 0 Å². The molecule has 0 fully saturated rings. The molecule has 13 heavy (non-hydrogen) atoms. The summed E-state index contributed by atoms with van der Waals surface area (Å²) in [6.07, 6.45) is 5.42. The number of aliphatic hydroxyl groups excluding tert-OH is 1. The van der Waals surface area contributed by atoms with Gasteiger partial charge in [-0.05, 0) is 19.4 Å². The minimum absolute atomic E-state index is 0.224. The van der Waals surface area contributed by atoms with Gasteiger partial charge in [-0.15, -0.1) is 11.6 Å². The van der Waals surface area contributed by atoms with E-state index < -0.39 is 6.10 Å². The van der Waals surface area contributed by atoms with E-state index in [4.69, 9.17) is 21.4 Å². The van der Waals surface area contributed by atoms with Crippen LogP contribution in [0, 0.1) is 0 Å². The molecule has 0 heterocycles. The number of alkyl halides is 1. The van der Waals surface area contributed by atoms with Crippen LogP contribution in [0.25, 0.3) is 0 Å². The minimum atomic E-state index is -0.561. The SMILES string of the molecule is CC1=CC=C(OCC(O)CCl)CC1. The van der Waals surface area contributed by atoms with Crippen molar-refractivity contribution in [2.75, 3.05) is 12.5 Å². The van der Waals surface area contributed by atoms with Gasteiger partial charge in [-0.1, -0.05) is 11.6 Å². The molecule has 1 aliphatic rings. The summed E-state index contributed by atoms with van der Waals surface area (Å²) in [6, 6.07) is 0. The van der Waals surface area contributed by atoms with Gasteiger partial charge in [0.05, 0.1) is 11.6 Å². The summed E-state index contributed by atoms with van der Waals surface area (Å²) < 4.78 is 5.37. The highest BCUT2D eigenvalue weighted by atomic mass is 35.5. The van der Waals surface area contributed by atoms with Crippen LogP contribution in [-0.2, 0) is 4.74 Å². The Balaban J connectivity index is 2.30. The Kier molecular flexibility index (Phi) is 4.33. The molecule has 0 aromatic heterocycles. The lowest BCUT2D eigenvalue weighted by atomic mass is 10.1. The van der Waals surface area contributed by atoms with Crippen molar-refractivity contribution < 1.29 is 9.84 Å². The molecule has 0 aromatic rings. The van der Waals surface area contributed by atoms with E-state index in [0.717, 1.165) is 18.6 Å². The van der Waals surface area contributed by atoms with Crippen molar-refractivity contribution in [2.24, 2.45) is 0 Å². The second-order valence-electron chi connectivity index (χ2n) is 3.27. The molecule has 0 spiro atoms. The van der Waals surface area contributed by atoms with Crippen molar-refractivity contribution in [3.63, 3.8) is 0 Å². The van der Waals surface area contributed by atoms with Gasteiger partial charge in [0, 0.05) is 6.42 Å². The Morgan fingerprint density at radius 3 is 2.85 bits per heavy atom. The number of aliphatic hydroxyl groups is 1. The summed E-state index contributed by atoms with van der Waals surface area (Å²) in [4.78, 5) is 0. The molecule has 1 atom stereocenters. The molecule has 74 valence electrons. The van der Waals surface area contributed by atoms with E-state index in [9.17, 15) is 0 Å². The molecule has 1 unspecified atom stereocenters. The van der Waals surface area contributed by atoms with Crippen LogP contribution in [0.5, 0.6) is 0 Å². The first-order chi connectivity index (χ1) is 6.22. The summed E-state index contributed by atoms with van der Waals surface area (Å²) in [5.74, 6) is 1.16. The van der Waals surface area contributed by atoms with Gasteiger partial charge in [-0.3, -0.25) is 0 Å². The Labute approximate surface area is 83.8 Å². The smallest absolute Gasteiger partial charge is 0.115 e. The van der Waals surface area contributed by atoms with Gasteiger partial charge in [-0.2, -0.15) is 0 Å². The Morgan fingerprint density at radius 1 is 1.54 bits per heavy atom. The largest absolute Gasteiger partial charge is 0.495 e. The maximum Gasteiger partial charge on any atom is 0.115 e. The first-order valence-corrected chi connectivity index (χ1v) is 4.99. The Bertz CT molecular complexity index is 221. The van der Waals surface area contributed by atoms with E-state index in [1.165, 1.54) is 5.57 Å². The fourth-order valence-corrected chi connectivity index (χ4v) is 1.18. The second kappa shape index (κ2) is 5.30. The van der Waals surface area contributed by atoms with Crippen LogP contribution in [0.2, 0.25) is 0 Å². The molecule has 1 N–H and O–H groups in total. The number of hydrogen-bond acceptors (Lipinski definition) is 2. The summed E-state index contributed by atoms with van der Waals surface area (Å²) in [5.41, 5.74) is 1.37. The highest BCUT2D eigenvalue weighted by molar-refractivity contribution is 6.18. The molecule has 0 radical (unpaired) electrons. The molecule has 1 rings (SSSR count). The third-order valence-corrected chi connectivity index (χ3v) is 2.31. The summed E-state index contributed by atoms with van der Waals surface area (Å²) in [6.45, 7) is 2.39. The molecule has 0 aromatic carbocycles. The zero-order valence-electron chi connectivity index (χ0n) is 7.79. The molecular formula is C10H15ClO2. The summed E-state index contributed by atoms with van der Waals surface area (Å²) in [5, 5.41) is 9.14. The highest BCUT2D eigenvalue weighted by Crippen LogP contribution is 2.18. The number of rotatable bonds is 4. The van der Waals surface area contributed by atoms with E-state index in [1.54, 1.807) is 0 Å². The normalized spacial score (nSPS) is 19.0. The van der Waals surface area contributed by atoms with Crippen LogP contribution in [0.3, 0.4) is 0 Å². The van der Waals surface area contributed by atoms with Crippen LogP contribution in [0.4, 0.5) is 0 Å². The van der Waals surface area contributed by atoms with Gasteiger partial charge in [0.1, 0.15) is 12.7 Å². The van der Waals surface area contributed by atoms with Crippen LogP contribution < -0.4 is 0 Å². The number of ether oxygens (including phenoxy) is 1. The van der Waals surface area contributed by atoms with Crippen molar-refractivity contribution in [2.45, 2.75) is 25.9 Å². The molecule has 1 aliphatic carbocycles. The predicted octanol–water partition coefficient (Wildman–Crippen LogP) is 2.23. The lowest BCUT2D eigenvalue weighted by molar-refractivity contribution is 0.0820. The number of allylic oxidation sites excluding steroid dienone is 4. The van der Waals surface area contributed by atoms with Gasteiger partial charge in [0.2, 0.25) is 0 Å². The third kappa shape index (κ3) is 3.83. The molecular weight excluding hydrogens is 188 g/mol. The van der Waals surface area contributed by atoms with E-state index in [1.807, 2.05) is 12.2 Å². The molecule has 0 saturated carbocycles. The molecule has 2 nitrogen and oxygen atoms in total. The maximum absolute atomic E-state index is 9.14. The van der Waals surface area contributed by atoms with E-state index in [2.05, 4.69) is 6.92 Å². The predicted molar refractivity (Wildman–Crippen MR) is 53.8 cm³/mol. The fourth-order valence-electron chi connectivity index (χ4n) is 1.09. The van der Waals surface area contributed by atoms with E-state index >= 15 is 0 Å². The van der Waals surface area contributed by atoms with Crippen molar-refractivity contribution in [3.05, 3.63) is 23.5 Å². The van der Waals surface area contributed by atoms with E-state index in [0.29, 0.717) is 6.61 Å². The minimum Gasteiger partial charge on any atom is -0.495 e. The molecule has 0 bridgehead atoms. The number of halogens is 1. The number of hydrogen-bond donors (Lipinski definition) is 1. The van der Waals surface area contributed by atoms with Crippen molar-refractivity contribution >= 4 is 11.6 Å². The Morgan fingerprint density at radius 2 is 2.31 bits per heavy atom. The topological polar surface area (TPSA) is 29.5 Å². The van der Waals surface area contributed by atoms with Gasteiger partial charge < -0.3 is 9.84 Å². The maximum atomic E-state index is 9.14. The fraction of sp³-hybridized carbons (Fsp3) is 0.600. The van der Waals surface area contributed by atoms with Gasteiger partial charge in [0.15, 0.2) is 0 Å². The van der Waals surface area contributed by atoms with Crippen molar-refractivity contribution in [1.82, 2.24) is 0 Å².